The van der Waals surface area contributed by atoms with Crippen molar-refractivity contribution in [3.63, 3.8) is 0 Å². The molecule has 0 saturated heterocycles. The van der Waals surface area contributed by atoms with E-state index >= 15 is 0 Å². The molecule has 0 radical (unpaired) electrons. The molecule has 0 aliphatic heterocycles. The van der Waals surface area contributed by atoms with E-state index < -0.39 is 0 Å². The lowest BCUT2D eigenvalue weighted by Gasteiger charge is -2.07. The summed E-state index contributed by atoms with van der Waals surface area (Å²) in [7, 11) is 0. The van der Waals surface area contributed by atoms with Crippen LogP contribution in [0.3, 0.4) is 0 Å². The van der Waals surface area contributed by atoms with Crippen molar-refractivity contribution < 1.29 is 10.2 Å². The van der Waals surface area contributed by atoms with Crippen LogP contribution in [0.4, 0.5) is 0 Å². The Morgan fingerprint density at radius 3 is 1.58 bits per heavy atom. The van der Waals surface area contributed by atoms with E-state index in [0.29, 0.717) is 11.1 Å². The van der Waals surface area contributed by atoms with Crippen LogP contribution in [-0.4, -0.2) is 10.2 Å². The van der Waals surface area contributed by atoms with E-state index in [1.807, 2.05) is 0 Å². The lowest BCUT2D eigenvalue weighted by Crippen LogP contribution is -1.84. The zero-order valence-electron chi connectivity index (χ0n) is 9.92. The first-order valence-electron chi connectivity index (χ1n) is 5.41. The number of phenolic OH excluding ortho intramolecular Hbond substituents is 2. The van der Waals surface area contributed by atoms with Gasteiger partial charge in [-0.15, -0.1) is 12.8 Å². The zero-order chi connectivity index (χ0) is 13.8. The maximum atomic E-state index is 9.40. The average Bonchev–Trinajstić information content (AvgIpc) is 2.42. The minimum atomic E-state index is 0.125. The van der Waals surface area contributed by atoms with Gasteiger partial charge in [0.1, 0.15) is 11.5 Å². The summed E-state index contributed by atoms with van der Waals surface area (Å²) in [4.78, 5) is 1.64. The second-order valence-electron chi connectivity index (χ2n) is 3.75. The summed E-state index contributed by atoms with van der Waals surface area (Å²) in [5.74, 6) is 5.30. The topological polar surface area (TPSA) is 40.5 Å². The lowest BCUT2D eigenvalue weighted by atomic mass is 10.2. The van der Waals surface area contributed by atoms with E-state index in [-0.39, 0.29) is 11.5 Å². The second kappa shape index (κ2) is 5.44. The van der Waals surface area contributed by atoms with Crippen LogP contribution in [0.5, 0.6) is 11.5 Å². The van der Waals surface area contributed by atoms with Crippen molar-refractivity contribution >= 4 is 11.8 Å². The van der Waals surface area contributed by atoms with Crippen LogP contribution in [-0.2, 0) is 0 Å². The molecule has 0 aliphatic rings. The molecule has 2 aromatic carbocycles. The molecule has 2 rings (SSSR count). The number of aromatic hydroxyl groups is 2. The van der Waals surface area contributed by atoms with Gasteiger partial charge >= 0.3 is 0 Å². The van der Waals surface area contributed by atoms with Crippen molar-refractivity contribution in [3.8, 4) is 36.2 Å². The summed E-state index contributed by atoms with van der Waals surface area (Å²) < 4.78 is 0. The van der Waals surface area contributed by atoms with E-state index in [2.05, 4.69) is 11.8 Å². The molecular weight excluding hydrogens is 256 g/mol. The highest BCUT2D eigenvalue weighted by molar-refractivity contribution is 7.99. The number of terminal acetylenes is 2. The standard InChI is InChI=1S/C16H10O2S/c1-3-11-9-13(17)5-7-15(11)19-16-8-6-14(18)10-12(16)4-2/h1-2,5-10,17-18H. The number of phenols is 2. The highest BCUT2D eigenvalue weighted by atomic mass is 32.2. The molecule has 0 aromatic heterocycles. The van der Waals surface area contributed by atoms with Gasteiger partial charge in [0.05, 0.1) is 0 Å². The SMILES string of the molecule is C#Cc1cc(O)ccc1Sc1ccc(O)cc1C#C. The van der Waals surface area contributed by atoms with Crippen LogP contribution in [0.1, 0.15) is 11.1 Å². The summed E-state index contributed by atoms with van der Waals surface area (Å²) in [5, 5.41) is 18.8. The molecule has 3 heteroatoms. The van der Waals surface area contributed by atoms with Gasteiger partial charge in [-0.1, -0.05) is 23.6 Å². The van der Waals surface area contributed by atoms with Crippen LogP contribution in [0, 0.1) is 24.7 Å². The predicted molar refractivity (Wildman–Crippen MR) is 76.2 cm³/mol. The first-order chi connectivity index (χ1) is 9.13. The van der Waals surface area contributed by atoms with Crippen molar-refractivity contribution in [2.75, 3.05) is 0 Å². The van der Waals surface area contributed by atoms with E-state index in [0.717, 1.165) is 9.79 Å². The van der Waals surface area contributed by atoms with Crippen LogP contribution >= 0.6 is 11.8 Å². The average molecular weight is 266 g/mol. The van der Waals surface area contributed by atoms with E-state index in [1.165, 1.54) is 23.9 Å². The highest BCUT2D eigenvalue weighted by Crippen LogP contribution is 2.35. The van der Waals surface area contributed by atoms with Gasteiger partial charge in [-0.3, -0.25) is 0 Å². The first kappa shape index (κ1) is 13.0. The largest absolute Gasteiger partial charge is 0.508 e. The summed E-state index contributed by atoms with van der Waals surface area (Å²) in [6, 6.07) is 9.67. The predicted octanol–water partition coefficient (Wildman–Crippen LogP) is 3.21. The van der Waals surface area contributed by atoms with Gasteiger partial charge in [0.25, 0.3) is 0 Å². The molecule has 0 unspecified atom stereocenters. The molecule has 0 atom stereocenters. The maximum Gasteiger partial charge on any atom is 0.116 e. The summed E-state index contributed by atoms with van der Waals surface area (Å²) in [6.07, 6.45) is 10.8. The van der Waals surface area contributed by atoms with Gasteiger partial charge in [-0.05, 0) is 36.4 Å². The highest BCUT2D eigenvalue weighted by Gasteiger charge is 2.08. The van der Waals surface area contributed by atoms with Crippen molar-refractivity contribution in [3.05, 3.63) is 47.5 Å². The molecule has 2 aromatic rings. The molecule has 0 bridgehead atoms. The maximum absolute atomic E-state index is 9.40. The second-order valence-corrected chi connectivity index (χ2v) is 4.84. The Balaban J connectivity index is 2.43. The molecule has 92 valence electrons. The molecule has 2 nitrogen and oxygen atoms in total. The molecule has 0 aliphatic carbocycles. The molecule has 0 amide bonds. The first-order valence-corrected chi connectivity index (χ1v) is 6.23. The number of benzene rings is 2. The Labute approximate surface area is 116 Å². The summed E-state index contributed by atoms with van der Waals surface area (Å²) >= 11 is 1.40. The van der Waals surface area contributed by atoms with E-state index in [9.17, 15) is 10.2 Å². The summed E-state index contributed by atoms with van der Waals surface area (Å²) in [5.41, 5.74) is 1.20. The van der Waals surface area contributed by atoms with Gasteiger partial charge in [-0.25, -0.2) is 0 Å². The third kappa shape index (κ3) is 2.85. The van der Waals surface area contributed by atoms with Crippen molar-refractivity contribution in [1.29, 1.82) is 0 Å². The molecule has 2 N–H and O–H groups in total. The number of rotatable bonds is 2. The van der Waals surface area contributed by atoms with Gasteiger partial charge in [-0.2, -0.15) is 0 Å². The zero-order valence-corrected chi connectivity index (χ0v) is 10.7. The Morgan fingerprint density at radius 1 is 0.789 bits per heavy atom. The Kier molecular flexibility index (Phi) is 3.71. The minimum Gasteiger partial charge on any atom is -0.508 e. The van der Waals surface area contributed by atoms with Crippen LogP contribution in [0.25, 0.3) is 0 Å². The van der Waals surface area contributed by atoms with Gasteiger partial charge in [0.15, 0.2) is 0 Å². The lowest BCUT2D eigenvalue weighted by molar-refractivity contribution is 0.474. The quantitative estimate of drug-likeness (QED) is 0.820. The Hall–Kier alpha value is -2.49. The molecule has 0 heterocycles. The van der Waals surface area contributed by atoms with Crippen molar-refractivity contribution in [2.24, 2.45) is 0 Å². The monoisotopic (exact) mass is 266 g/mol. The fraction of sp³-hybridized carbons (Fsp3) is 0. The third-order valence-electron chi connectivity index (χ3n) is 2.46. The fourth-order valence-electron chi connectivity index (χ4n) is 1.56. The molecular formula is C16H10O2S. The van der Waals surface area contributed by atoms with E-state index in [4.69, 9.17) is 12.8 Å². The number of hydrogen-bond acceptors (Lipinski definition) is 3. The Bertz CT molecular complexity index is 644. The Morgan fingerprint density at radius 2 is 1.21 bits per heavy atom. The van der Waals surface area contributed by atoms with Crippen LogP contribution in [0.2, 0.25) is 0 Å². The van der Waals surface area contributed by atoms with Crippen molar-refractivity contribution in [2.45, 2.75) is 9.79 Å². The van der Waals surface area contributed by atoms with Gasteiger partial charge < -0.3 is 10.2 Å². The third-order valence-corrected chi connectivity index (χ3v) is 3.61. The van der Waals surface area contributed by atoms with Crippen LogP contribution in [0.15, 0.2) is 46.2 Å². The van der Waals surface area contributed by atoms with Gasteiger partial charge in [0.2, 0.25) is 0 Å². The molecule has 0 spiro atoms. The van der Waals surface area contributed by atoms with E-state index in [1.54, 1.807) is 24.3 Å². The smallest absolute Gasteiger partial charge is 0.116 e. The van der Waals surface area contributed by atoms with Gasteiger partial charge in [0, 0.05) is 20.9 Å². The number of hydrogen-bond donors (Lipinski definition) is 2. The minimum absolute atomic E-state index is 0.125. The van der Waals surface area contributed by atoms with Crippen molar-refractivity contribution in [1.82, 2.24) is 0 Å². The molecule has 0 saturated carbocycles. The van der Waals surface area contributed by atoms with Crippen LogP contribution < -0.4 is 0 Å². The molecule has 19 heavy (non-hydrogen) atoms. The summed E-state index contributed by atoms with van der Waals surface area (Å²) in [6.45, 7) is 0. The normalized spacial score (nSPS) is 9.58. The molecule has 0 fully saturated rings. The fourth-order valence-corrected chi connectivity index (χ4v) is 2.52.